The van der Waals surface area contributed by atoms with E-state index in [0.717, 1.165) is 5.56 Å². The number of aryl methyl sites for hydroxylation is 1. The summed E-state index contributed by atoms with van der Waals surface area (Å²) in [5.41, 5.74) is 0.168. The summed E-state index contributed by atoms with van der Waals surface area (Å²) in [7, 11) is 0. The van der Waals surface area contributed by atoms with Crippen molar-refractivity contribution >= 4 is 16.7 Å². The van der Waals surface area contributed by atoms with Gasteiger partial charge in [0.2, 0.25) is 5.76 Å². The lowest BCUT2D eigenvalue weighted by atomic mass is 10.1. The van der Waals surface area contributed by atoms with Crippen molar-refractivity contribution in [3.8, 4) is 0 Å². The predicted octanol–water partition coefficient (Wildman–Crippen LogP) is 1.80. The molecule has 1 aromatic heterocycles. The van der Waals surface area contributed by atoms with Crippen molar-refractivity contribution in [2.24, 2.45) is 0 Å². The summed E-state index contributed by atoms with van der Waals surface area (Å²) in [6, 6.07) is 6.58. The molecular weight excluding hydrogens is 196 g/mol. The number of aromatic carboxylic acids is 1. The Morgan fingerprint density at radius 2 is 2.13 bits per heavy atom. The van der Waals surface area contributed by atoms with Crippen LogP contribution in [-0.2, 0) is 0 Å². The highest BCUT2D eigenvalue weighted by molar-refractivity contribution is 5.91. The van der Waals surface area contributed by atoms with Crippen LogP contribution in [0.2, 0.25) is 0 Å². The van der Waals surface area contributed by atoms with Crippen molar-refractivity contribution in [3.05, 3.63) is 46.0 Å². The van der Waals surface area contributed by atoms with Crippen molar-refractivity contribution in [1.82, 2.24) is 0 Å². The Hall–Kier alpha value is -2.10. The van der Waals surface area contributed by atoms with Crippen molar-refractivity contribution in [3.63, 3.8) is 0 Å². The summed E-state index contributed by atoms with van der Waals surface area (Å²) in [5, 5.41) is 9.72. The lowest BCUT2D eigenvalue weighted by molar-refractivity contribution is 0.0658. The molecule has 15 heavy (non-hydrogen) atoms. The fourth-order valence-corrected chi connectivity index (χ4v) is 1.52. The molecule has 76 valence electrons. The number of rotatable bonds is 1. The van der Waals surface area contributed by atoms with Crippen LogP contribution >= 0.6 is 0 Å². The van der Waals surface area contributed by atoms with Gasteiger partial charge in [0.1, 0.15) is 0 Å². The fraction of sp³-hybridized carbons (Fsp3) is 0.0909. The summed E-state index contributed by atoms with van der Waals surface area (Å²) in [6.45, 7) is 1.78. The number of fused-ring (bicyclic) bond motifs is 1. The largest absolute Gasteiger partial charge is 0.475 e. The zero-order chi connectivity index (χ0) is 11.0. The van der Waals surface area contributed by atoms with Crippen molar-refractivity contribution < 1.29 is 14.3 Å². The molecule has 0 unspecified atom stereocenters. The molecule has 0 radical (unpaired) electrons. The molecular formula is C11H8O4. The van der Waals surface area contributed by atoms with Gasteiger partial charge in [-0.05, 0) is 23.9 Å². The lowest BCUT2D eigenvalue weighted by Gasteiger charge is -2.00. The number of carboxylic acid groups (broad SMARTS) is 1. The molecule has 1 aromatic carbocycles. The van der Waals surface area contributed by atoms with Gasteiger partial charge in [0.25, 0.3) is 0 Å². The van der Waals surface area contributed by atoms with Gasteiger partial charge < -0.3 is 9.52 Å². The minimum Gasteiger partial charge on any atom is -0.475 e. The zero-order valence-electron chi connectivity index (χ0n) is 7.98. The summed E-state index contributed by atoms with van der Waals surface area (Å²) in [5.74, 6) is -1.58. The van der Waals surface area contributed by atoms with Crippen LogP contribution in [0.1, 0.15) is 16.1 Å². The second kappa shape index (κ2) is 3.24. The number of carboxylic acids is 1. The highest BCUT2D eigenvalue weighted by Gasteiger charge is 2.11. The van der Waals surface area contributed by atoms with E-state index >= 15 is 0 Å². The minimum absolute atomic E-state index is 0.335. The first-order valence-corrected chi connectivity index (χ1v) is 4.36. The molecule has 0 saturated heterocycles. The third kappa shape index (κ3) is 1.50. The average molecular weight is 204 g/mol. The number of hydrogen-bond acceptors (Lipinski definition) is 3. The van der Waals surface area contributed by atoms with Crippen LogP contribution in [0.25, 0.3) is 10.8 Å². The van der Waals surface area contributed by atoms with Gasteiger partial charge in [0.15, 0.2) is 0 Å². The molecule has 0 amide bonds. The van der Waals surface area contributed by atoms with Gasteiger partial charge in [-0.2, -0.15) is 0 Å². The molecule has 0 aliphatic carbocycles. The highest BCUT2D eigenvalue weighted by Crippen LogP contribution is 2.15. The smallest absolute Gasteiger partial charge is 0.371 e. The minimum atomic E-state index is -1.24. The molecule has 0 spiro atoms. The zero-order valence-corrected chi connectivity index (χ0v) is 7.98. The van der Waals surface area contributed by atoms with E-state index in [1.807, 2.05) is 0 Å². The van der Waals surface area contributed by atoms with Crippen LogP contribution < -0.4 is 5.63 Å². The standard InChI is InChI=1S/C11H8O4/c1-6-3-2-4-7-5-8(10(12)13)15-11(14)9(6)7/h2-5H,1H3,(H,12,13). The maximum atomic E-state index is 11.5. The quantitative estimate of drug-likeness (QED) is 0.769. The van der Waals surface area contributed by atoms with Crippen molar-refractivity contribution in [2.45, 2.75) is 6.92 Å². The number of carbonyl (C=O) groups is 1. The molecule has 2 aromatic rings. The van der Waals surface area contributed by atoms with Gasteiger partial charge in [-0.3, -0.25) is 0 Å². The Bertz CT molecular complexity index is 595. The van der Waals surface area contributed by atoms with E-state index in [1.54, 1.807) is 25.1 Å². The van der Waals surface area contributed by atoms with E-state index in [4.69, 9.17) is 5.11 Å². The Morgan fingerprint density at radius 3 is 2.80 bits per heavy atom. The second-order valence-electron chi connectivity index (χ2n) is 3.24. The SMILES string of the molecule is Cc1cccc2cc(C(=O)O)oc(=O)c12. The van der Waals surface area contributed by atoms with E-state index in [9.17, 15) is 9.59 Å². The normalized spacial score (nSPS) is 10.5. The average Bonchev–Trinajstić information content (AvgIpc) is 2.17. The summed E-state index contributed by atoms with van der Waals surface area (Å²) in [6.07, 6.45) is 0. The van der Waals surface area contributed by atoms with Crippen LogP contribution in [0.5, 0.6) is 0 Å². The third-order valence-corrected chi connectivity index (χ3v) is 2.21. The Labute approximate surface area is 84.8 Å². The van der Waals surface area contributed by atoms with E-state index < -0.39 is 11.6 Å². The molecule has 0 fully saturated rings. The van der Waals surface area contributed by atoms with Gasteiger partial charge in [0, 0.05) is 0 Å². The van der Waals surface area contributed by atoms with Crippen molar-refractivity contribution in [2.75, 3.05) is 0 Å². The van der Waals surface area contributed by atoms with Crippen LogP contribution in [0.15, 0.2) is 33.5 Å². The van der Waals surface area contributed by atoms with Crippen LogP contribution in [0.3, 0.4) is 0 Å². The first kappa shape index (κ1) is 9.45. The van der Waals surface area contributed by atoms with E-state index in [-0.39, 0.29) is 5.76 Å². The van der Waals surface area contributed by atoms with E-state index in [0.29, 0.717) is 10.8 Å². The highest BCUT2D eigenvalue weighted by atomic mass is 16.4. The van der Waals surface area contributed by atoms with Gasteiger partial charge in [-0.25, -0.2) is 9.59 Å². The van der Waals surface area contributed by atoms with Crippen LogP contribution in [0, 0.1) is 6.92 Å². The Morgan fingerprint density at radius 1 is 1.40 bits per heavy atom. The predicted molar refractivity (Wildman–Crippen MR) is 54.2 cm³/mol. The van der Waals surface area contributed by atoms with Gasteiger partial charge in [-0.1, -0.05) is 18.2 Å². The van der Waals surface area contributed by atoms with Crippen LogP contribution in [0.4, 0.5) is 0 Å². The topological polar surface area (TPSA) is 67.5 Å². The fourth-order valence-electron chi connectivity index (χ4n) is 1.52. The van der Waals surface area contributed by atoms with E-state index in [1.165, 1.54) is 6.07 Å². The molecule has 0 bridgehead atoms. The Kier molecular flexibility index (Phi) is 2.04. The second-order valence-corrected chi connectivity index (χ2v) is 3.24. The lowest BCUT2D eigenvalue weighted by Crippen LogP contribution is -2.07. The Balaban J connectivity index is 2.91. The van der Waals surface area contributed by atoms with Crippen molar-refractivity contribution in [1.29, 1.82) is 0 Å². The number of hydrogen-bond donors (Lipinski definition) is 1. The van der Waals surface area contributed by atoms with Gasteiger partial charge in [0.05, 0.1) is 5.39 Å². The molecule has 1 N–H and O–H groups in total. The molecule has 1 heterocycles. The first-order chi connectivity index (χ1) is 7.09. The third-order valence-electron chi connectivity index (χ3n) is 2.21. The summed E-state index contributed by atoms with van der Waals surface area (Å²) in [4.78, 5) is 22.1. The molecule has 0 aliphatic rings. The van der Waals surface area contributed by atoms with Gasteiger partial charge in [-0.15, -0.1) is 0 Å². The monoisotopic (exact) mass is 204 g/mol. The van der Waals surface area contributed by atoms with Gasteiger partial charge >= 0.3 is 11.6 Å². The van der Waals surface area contributed by atoms with E-state index in [2.05, 4.69) is 4.42 Å². The maximum Gasteiger partial charge on any atom is 0.371 e. The molecule has 0 atom stereocenters. The molecule has 0 saturated carbocycles. The summed E-state index contributed by atoms with van der Waals surface area (Å²) >= 11 is 0. The van der Waals surface area contributed by atoms with Crippen LogP contribution in [-0.4, -0.2) is 11.1 Å². The molecule has 4 heteroatoms. The first-order valence-electron chi connectivity index (χ1n) is 4.36. The maximum absolute atomic E-state index is 11.5. The molecule has 2 rings (SSSR count). The summed E-state index contributed by atoms with van der Waals surface area (Å²) < 4.78 is 4.68. The molecule has 4 nitrogen and oxygen atoms in total. The number of benzene rings is 1. The molecule has 0 aliphatic heterocycles.